The zero-order valence-corrected chi connectivity index (χ0v) is 15.6. The van der Waals surface area contributed by atoms with Crippen LogP contribution in [0, 0.1) is 20.8 Å². The molecule has 0 atom stereocenters. The first-order chi connectivity index (χ1) is 12.5. The van der Waals surface area contributed by atoms with Gasteiger partial charge in [0.05, 0.1) is 6.10 Å². The zero-order valence-electron chi connectivity index (χ0n) is 15.6. The van der Waals surface area contributed by atoms with Crippen molar-refractivity contribution in [3.8, 4) is 0 Å². The van der Waals surface area contributed by atoms with E-state index >= 15 is 0 Å². The number of aryl methyl sites for hydroxylation is 3. The van der Waals surface area contributed by atoms with Crippen molar-refractivity contribution in [3.05, 3.63) is 40.1 Å². The van der Waals surface area contributed by atoms with Crippen LogP contribution in [0.1, 0.15) is 47.9 Å². The number of hydrogen-bond donors (Lipinski definition) is 1. The average molecular weight is 384 g/mol. The van der Waals surface area contributed by atoms with Gasteiger partial charge in [0.1, 0.15) is 12.2 Å². The number of alkyl halides is 3. The maximum Gasteiger partial charge on any atom is 0.411 e. The molecule has 1 heterocycles. The second-order valence-corrected chi connectivity index (χ2v) is 7.48. The first-order valence-corrected chi connectivity index (χ1v) is 8.96. The quantitative estimate of drug-likeness (QED) is 0.768. The number of aliphatic hydroxyl groups excluding tert-OH is 1. The zero-order chi connectivity index (χ0) is 20.0. The van der Waals surface area contributed by atoms with Gasteiger partial charge in [0, 0.05) is 0 Å². The van der Waals surface area contributed by atoms with Crippen LogP contribution in [0.3, 0.4) is 0 Å². The van der Waals surface area contributed by atoms with Crippen molar-refractivity contribution >= 4 is 11.5 Å². The topological polar surface area (TPSA) is 55.8 Å². The summed E-state index contributed by atoms with van der Waals surface area (Å²) < 4.78 is 47.4. The van der Waals surface area contributed by atoms with Gasteiger partial charge < -0.3 is 14.6 Å². The van der Waals surface area contributed by atoms with Crippen LogP contribution in [0.2, 0.25) is 0 Å². The minimum atomic E-state index is -4.37. The summed E-state index contributed by atoms with van der Waals surface area (Å²) in [6.45, 7) is 4.47. The second-order valence-electron chi connectivity index (χ2n) is 7.48. The van der Waals surface area contributed by atoms with Gasteiger partial charge in [0.15, 0.2) is 11.4 Å². The number of rotatable bonds is 3. The largest absolute Gasteiger partial charge is 0.507 e. The lowest BCUT2D eigenvalue weighted by Gasteiger charge is -2.35. The van der Waals surface area contributed by atoms with E-state index in [9.17, 15) is 23.1 Å². The van der Waals surface area contributed by atoms with Gasteiger partial charge in [-0.1, -0.05) is 12.1 Å². The normalized spacial score (nSPS) is 26.0. The lowest BCUT2D eigenvalue weighted by molar-refractivity contribution is -0.192. The molecule has 1 aromatic carbocycles. The summed E-state index contributed by atoms with van der Waals surface area (Å²) in [5.74, 6) is -0.707. The van der Waals surface area contributed by atoms with E-state index in [0.717, 1.165) is 16.7 Å². The van der Waals surface area contributed by atoms with Crippen LogP contribution in [0.4, 0.5) is 13.2 Å². The van der Waals surface area contributed by atoms with Gasteiger partial charge in [-0.25, -0.2) is 4.79 Å². The lowest BCUT2D eigenvalue weighted by Crippen LogP contribution is -2.39. The molecule has 148 valence electrons. The van der Waals surface area contributed by atoms with Crippen LogP contribution in [0.5, 0.6) is 0 Å². The highest BCUT2D eigenvalue weighted by Crippen LogP contribution is 2.46. The molecule has 0 aromatic heterocycles. The minimum Gasteiger partial charge on any atom is -0.507 e. The highest BCUT2D eigenvalue weighted by molar-refractivity contribution is 6.20. The number of aliphatic hydroxyl groups is 1. The predicted molar refractivity (Wildman–Crippen MR) is 93.3 cm³/mol. The molecular formula is C20H23F3O4. The van der Waals surface area contributed by atoms with Crippen LogP contribution >= 0.6 is 0 Å². The van der Waals surface area contributed by atoms with Crippen LogP contribution in [0.25, 0.3) is 5.57 Å². The SMILES string of the molecule is Cc1cc(C)c(C2=C(O)C3(CCC(OCC(F)(F)F)CC3)OC2=O)cc1C. The van der Waals surface area contributed by atoms with Crippen LogP contribution in [-0.2, 0) is 14.3 Å². The third-order valence-electron chi connectivity index (χ3n) is 5.49. The molecule has 3 rings (SSSR count). The number of ether oxygens (including phenoxy) is 2. The molecule has 0 amide bonds. The van der Waals surface area contributed by atoms with Gasteiger partial charge in [0.2, 0.25) is 0 Å². The fourth-order valence-electron chi connectivity index (χ4n) is 3.84. The molecule has 1 spiro atoms. The number of carbonyl (C=O) groups excluding carboxylic acids is 1. The third-order valence-corrected chi connectivity index (χ3v) is 5.49. The fourth-order valence-corrected chi connectivity index (χ4v) is 3.84. The Kier molecular flexibility index (Phi) is 5.01. The molecule has 0 saturated heterocycles. The third kappa shape index (κ3) is 3.83. The summed E-state index contributed by atoms with van der Waals surface area (Å²) in [7, 11) is 0. The van der Waals surface area contributed by atoms with Gasteiger partial charge >= 0.3 is 12.1 Å². The molecule has 1 N–H and O–H groups in total. The van der Waals surface area contributed by atoms with E-state index in [1.54, 1.807) is 0 Å². The molecule has 0 radical (unpaired) electrons. The standard InChI is InChI=1S/C20H23F3O4/c1-11-8-13(3)15(9-12(11)2)16-17(24)19(27-18(16)25)6-4-14(5-7-19)26-10-20(21,22)23/h8-9,14,24H,4-7,10H2,1-3H3. The van der Waals surface area contributed by atoms with Crippen molar-refractivity contribution < 1.29 is 32.5 Å². The van der Waals surface area contributed by atoms with Crippen molar-refractivity contribution in [2.45, 2.75) is 64.3 Å². The lowest BCUT2D eigenvalue weighted by atomic mass is 9.80. The molecule has 1 aromatic rings. The van der Waals surface area contributed by atoms with Crippen LogP contribution in [0.15, 0.2) is 17.9 Å². The summed E-state index contributed by atoms with van der Waals surface area (Å²) in [6, 6.07) is 3.81. The van der Waals surface area contributed by atoms with Crippen molar-refractivity contribution in [2.75, 3.05) is 6.61 Å². The van der Waals surface area contributed by atoms with Gasteiger partial charge in [-0.15, -0.1) is 0 Å². The molecule has 4 nitrogen and oxygen atoms in total. The van der Waals surface area contributed by atoms with Crippen LogP contribution < -0.4 is 0 Å². The smallest absolute Gasteiger partial charge is 0.411 e. The Morgan fingerprint density at radius 2 is 1.74 bits per heavy atom. The summed E-state index contributed by atoms with van der Waals surface area (Å²) in [5.41, 5.74) is 2.57. The van der Waals surface area contributed by atoms with Gasteiger partial charge in [-0.05, 0) is 68.7 Å². The maximum atomic E-state index is 12.5. The molecule has 0 unspecified atom stereocenters. The molecule has 27 heavy (non-hydrogen) atoms. The minimum absolute atomic E-state index is 0.117. The summed E-state index contributed by atoms with van der Waals surface area (Å²) in [4.78, 5) is 12.5. The number of esters is 1. The number of halogens is 3. The average Bonchev–Trinajstić information content (AvgIpc) is 2.80. The molecule has 1 aliphatic carbocycles. The first kappa shape index (κ1) is 19.7. The van der Waals surface area contributed by atoms with Gasteiger partial charge in [0.25, 0.3) is 0 Å². The molecule has 2 aliphatic rings. The van der Waals surface area contributed by atoms with Crippen molar-refractivity contribution in [3.63, 3.8) is 0 Å². The summed E-state index contributed by atoms with van der Waals surface area (Å²) in [5, 5.41) is 10.8. The Balaban J connectivity index is 1.82. The Bertz CT molecular complexity index is 787. The molecule has 7 heteroatoms. The number of benzene rings is 1. The van der Waals surface area contributed by atoms with E-state index in [4.69, 9.17) is 9.47 Å². The van der Waals surface area contributed by atoms with Crippen molar-refractivity contribution in [1.82, 2.24) is 0 Å². The Morgan fingerprint density at radius 3 is 2.33 bits per heavy atom. The molecular weight excluding hydrogens is 361 g/mol. The van der Waals surface area contributed by atoms with Gasteiger partial charge in [-0.3, -0.25) is 0 Å². The monoisotopic (exact) mass is 384 g/mol. The summed E-state index contributed by atoms with van der Waals surface area (Å²) in [6.07, 6.45) is -3.89. The Labute approximate surface area is 156 Å². The van der Waals surface area contributed by atoms with E-state index in [-0.39, 0.29) is 37.0 Å². The number of hydrogen-bond acceptors (Lipinski definition) is 4. The van der Waals surface area contributed by atoms with Crippen molar-refractivity contribution in [2.24, 2.45) is 0 Å². The van der Waals surface area contributed by atoms with E-state index in [0.29, 0.717) is 5.56 Å². The predicted octanol–water partition coefficient (Wildman–Crippen LogP) is 4.70. The number of carbonyl (C=O) groups is 1. The van der Waals surface area contributed by atoms with E-state index in [1.807, 2.05) is 32.9 Å². The first-order valence-electron chi connectivity index (χ1n) is 8.96. The van der Waals surface area contributed by atoms with E-state index < -0.39 is 30.5 Å². The van der Waals surface area contributed by atoms with Crippen LogP contribution in [-0.4, -0.2) is 35.6 Å². The van der Waals surface area contributed by atoms with Crippen molar-refractivity contribution in [1.29, 1.82) is 0 Å². The van der Waals surface area contributed by atoms with Gasteiger partial charge in [-0.2, -0.15) is 13.2 Å². The summed E-state index contributed by atoms with van der Waals surface area (Å²) >= 11 is 0. The van der Waals surface area contributed by atoms with E-state index in [1.165, 1.54) is 0 Å². The highest BCUT2D eigenvalue weighted by Gasteiger charge is 2.51. The maximum absolute atomic E-state index is 12.5. The molecule has 0 bridgehead atoms. The Morgan fingerprint density at radius 1 is 1.15 bits per heavy atom. The molecule has 1 fully saturated rings. The van der Waals surface area contributed by atoms with E-state index in [2.05, 4.69) is 0 Å². The molecule has 1 aliphatic heterocycles. The second kappa shape index (κ2) is 6.86. The Hall–Kier alpha value is -2.02. The fraction of sp³-hybridized carbons (Fsp3) is 0.550. The highest BCUT2D eigenvalue weighted by atomic mass is 19.4. The molecule has 1 saturated carbocycles.